The molecule has 0 radical (unpaired) electrons. The smallest absolute Gasteiger partial charge is 0.242 e. The molecule has 3 heterocycles. The Morgan fingerprint density at radius 2 is 2.20 bits per heavy atom. The average molecular weight is 276 g/mol. The number of rotatable bonds is 3. The zero-order chi connectivity index (χ0) is 13.9. The van der Waals surface area contributed by atoms with Gasteiger partial charge in [0.25, 0.3) is 0 Å². The fourth-order valence-electron chi connectivity index (χ4n) is 2.17. The first kappa shape index (κ1) is 12.8. The first-order chi connectivity index (χ1) is 9.75. The van der Waals surface area contributed by atoms with Crippen LogP contribution in [-0.2, 0) is 9.53 Å². The predicted molar refractivity (Wildman–Crippen MR) is 72.3 cm³/mol. The van der Waals surface area contributed by atoms with Gasteiger partial charge in [-0.15, -0.1) is 0 Å². The van der Waals surface area contributed by atoms with E-state index < -0.39 is 0 Å². The van der Waals surface area contributed by atoms with E-state index in [1.165, 1.54) is 6.33 Å². The van der Waals surface area contributed by atoms with Crippen LogP contribution in [0.5, 0.6) is 0 Å². The van der Waals surface area contributed by atoms with Gasteiger partial charge in [0.15, 0.2) is 11.3 Å². The van der Waals surface area contributed by atoms with E-state index in [0.29, 0.717) is 37.6 Å². The van der Waals surface area contributed by atoms with Crippen LogP contribution in [0.15, 0.2) is 6.33 Å². The van der Waals surface area contributed by atoms with E-state index in [1.54, 1.807) is 4.90 Å². The minimum atomic E-state index is 0.0346. The molecule has 20 heavy (non-hydrogen) atoms. The van der Waals surface area contributed by atoms with Crippen LogP contribution in [0.2, 0.25) is 0 Å². The van der Waals surface area contributed by atoms with Gasteiger partial charge in [-0.3, -0.25) is 9.89 Å². The van der Waals surface area contributed by atoms with Crippen LogP contribution in [0.3, 0.4) is 0 Å². The van der Waals surface area contributed by atoms with Crippen molar-refractivity contribution in [2.75, 3.05) is 38.2 Å². The Bertz CT molecular complexity index is 619. The monoisotopic (exact) mass is 276 g/mol. The fourth-order valence-corrected chi connectivity index (χ4v) is 2.17. The van der Waals surface area contributed by atoms with Gasteiger partial charge in [-0.2, -0.15) is 5.10 Å². The number of fused-ring (bicyclic) bond motifs is 1. The normalized spacial score (nSPS) is 15.6. The molecular weight excluding hydrogens is 260 g/mol. The summed E-state index contributed by atoms with van der Waals surface area (Å²) in [5, 5.41) is 10.0. The molecule has 0 saturated carbocycles. The van der Waals surface area contributed by atoms with Gasteiger partial charge in [0.1, 0.15) is 11.8 Å². The number of amides is 1. The highest BCUT2D eigenvalue weighted by atomic mass is 16.5. The topological polar surface area (TPSA) is 96.0 Å². The Balaban J connectivity index is 1.69. The van der Waals surface area contributed by atoms with E-state index >= 15 is 0 Å². The average Bonchev–Trinajstić information content (AvgIpc) is 2.88. The largest absolute Gasteiger partial charge is 0.378 e. The molecular formula is C12H16N6O2. The molecule has 1 saturated heterocycles. The van der Waals surface area contributed by atoms with Crippen molar-refractivity contribution < 1.29 is 9.53 Å². The lowest BCUT2D eigenvalue weighted by Gasteiger charge is -2.26. The van der Waals surface area contributed by atoms with Crippen LogP contribution in [0.4, 0.5) is 5.82 Å². The molecule has 1 amide bonds. The number of aryl methyl sites for hydroxylation is 1. The highest BCUT2D eigenvalue weighted by Gasteiger charge is 2.17. The summed E-state index contributed by atoms with van der Waals surface area (Å²) < 4.78 is 5.22. The highest BCUT2D eigenvalue weighted by Crippen LogP contribution is 2.18. The van der Waals surface area contributed by atoms with Crippen LogP contribution in [0, 0.1) is 6.92 Å². The molecule has 1 fully saturated rings. The first-order valence-corrected chi connectivity index (χ1v) is 6.51. The van der Waals surface area contributed by atoms with Crippen molar-refractivity contribution in [3.05, 3.63) is 12.0 Å². The van der Waals surface area contributed by atoms with Crippen molar-refractivity contribution >= 4 is 22.8 Å². The van der Waals surface area contributed by atoms with Gasteiger partial charge in [-0.05, 0) is 6.92 Å². The molecule has 2 N–H and O–H groups in total. The third-order valence-electron chi connectivity index (χ3n) is 3.28. The van der Waals surface area contributed by atoms with Crippen LogP contribution >= 0.6 is 0 Å². The number of anilines is 1. The Morgan fingerprint density at radius 3 is 3.00 bits per heavy atom. The molecule has 0 atom stereocenters. The SMILES string of the molecule is Cc1[nH]nc2c(NCC(=O)N3CCOCC3)ncnc12. The second-order valence-electron chi connectivity index (χ2n) is 4.61. The van der Waals surface area contributed by atoms with Crippen LogP contribution in [0.25, 0.3) is 11.0 Å². The molecule has 1 aliphatic heterocycles. The van der Waals surface area contributed by atoms with E-state index in [2.05, 4.69) is 25.5 Å². The van der Waals surface area contributed by atoms with Crippen molar-refractivity contribution in [1.29, 1.82) is 0 Å². The second kappa shape index (κ2) is 5.41. The molecule has 2 aromatic rings. The lowest BCUT2D eigenvalue weighted by Crippen LogP contribution is -2.43. The summed E-state index contributed by atoms with van der Waals surface area (Å²) in [7, 11) is 0. The zero-order valence-corrected chi connectivity index (χ0v) is 11.2. The summed E-state index contributed by atoms with van der Waals surface area (Å²) in [5.41, 5.74) is 2.30. The third-order valence-corrected chi connectivity index (χ3v) is 3.28. The Labute approximate surface area is 115 Å². The molecule has 0 aliphatic carbocycles. The van der Waals surface area contributed by atoms with Gasteiger partial charge in [0, 0.05) is 13.1 Å². The minimum Gasteiger partial charge on any atom is -0.378 e. The number of morpholine rings is 1. The van der Waals surface area contributed by atoms with E-state index in [4.69, 9.17) is 4.74 Å². The number of carbonyl (C=O) groups excluding carboxylic acids is 1. The molecule has 0 spiro atoms. The van der Waals surface area contributed by atoms with E-state index in [9.17, 15) is 4.79 Å². The number of hydrogen-bond donors (Lipinski definition) is 2. The van der Waals surface area contributed by atoms with Crippen molar-refractivity contribution in [1.82, 2.24) is 25.1 Å². The van der Waals surface area contributed by atoms with Gasteiger partial charge in [0.2, 0.25) is 5.91 Å². The molecule has 3 rings (SSSR count). The van der Waals surface area contributed by atoms with Crippen LogP contribution in [0.1, 0.15) is 5.69 Å². The van der Waals surface area contributed by atoms with Crippen molar-refractivity contribution in [2.45, 2.75) is 6.92 Å². The molecule has 8 heteroatoms. The fraction of sp³-hybridized carbons (Fsp3) is 0.500. The summed E-state index contributed by atoms with van der Waals surface area (Å²) in [4.78, 5) is 22.1. The number of H-pyrrole nitrogens is 1. The summed E-state index contributed by atoms with van der Waals surface area (Å²) >= 11 is 0. The maximum Gasteiger partial charge on any atom is 0.242 e. The maximum absolute atomic E-state index is 12.0. The van der Waals surface area contributed by atoms with Crippen molar-refractivity contribution in [3.8, 4) is 0 Å². The number of ether oxygens (including phenoxy) is 1. The number of aromatic nitrogens is 4. The number of hydrogen-bond acceptors (Lipinski definition) is 6. The van der Waals surface area contributed by atoms with Crippen molar-refractivity contribution in [3.63, 3.8) is 0 Å². The molecule has 0 aromatic carbocycles. The van der Waals surface area contributed by atoms with Gasteiger partial charge in [0.05, 0.1) is 25.5 Å². The van der Waals surface area contributed by atoms with Crippen LogP contribution in [-0.4, -0.2) is 63.8 Å². The number of nitrogens with zero attached hydrogens (tertiary/aromatic N) is 4. The molecule has 0 unspecified atom stereocenters. The second-order valence-corrected chi connectivity index (χ2v) is 4.61. The van der Waals surface area contributed by atoms with Crippen molar-refractivity contribution in [2.24, 2.45) is 0 Å². The van der Waals surface area contributed by atoms with E-state index in [1.807, 2.05) is 6.92 Å². The Hall–Kier alpha value is -2.22. The minimum absolute atomic E-state index is 0.0346. The molecule has 2 aromatic heterocycles. The number of nitrogens with one attached hydrogen (secondary N) is 2. The third kappa shape index (κ3) is 2.42. The lowest BCUT2D eigenvalue weighted by atomic mass is 10.3. The summed E-state index contributed by atoms with van der Waals surface area (Å²) in [5.74, 6) is 0.605. The Morgan fingerprint density at radius 1 is 1.40 bits per heavy atom. The molecule has 0 bridgehead atoms. The summed E-state index contributed by atoms with van der Waals surface area (Å²) in [6.07, 6.45) is 1.46. The first-order valence-electron chi connectivity index (χ1n) is 6.51. The predicted octanol–water partition coefficient (Wildman–Crippen LogP) is -0.0680. The van der Waals surface area contributed by atoms with Gasteiger partial charge < -0.3 is 15.0 Å². The molecule has 106 valence electrons. The molecule has 1 aliphatic rings. The number of carbonyl (C=O) groups is 1. The van der Waals surface area contributed by atoms with E-state index in [0.717, 1.165) is 11.2 Å². The van der Waals surface area contributed by atoms with E-state index in [-0.39, 0.29) is 12.5 Å². The standard InChI is InChI=1S/C12H16N6O2/c1-8-10-11(17-16-8)12(15-7-14-10)13-6-9(19)18-2-4-20-5-3-18/h7H,2-6H2,1H3,(H,16,17)(H,13,14,15). The maximum atomic E-state index is 12.0. The van der Waals surface area contributed by atoms with Gasteiger partial charge in [-0.1, -0.05) is 0 Å². The lowest BCUT2D eigenvalue weighted by molar-refractivity contribution is -0.133. The van der Waals surface area contributed by atoms with Crippen LogP contribution < -0.4 is 5.32 Å². The summed E-state index contributed by atoms with van der Waals surface area (Å²) in [6.45, 7) is 4.57. The summed E-state index contributed by atoms with van der Waals surface area (Å²) in [6, 6.07) is 0. The van der Waals surface area contributed by atoms with Gasteiger partial charge in [-0.25, -0.2) is 9.97 Å². The van der Waals surface area contributed by atoms with Gasteiger partial charge >= 0.3 is 0 Å². The Kier molecular flexibility index (Phi) is 3.46. The zero-order valence-electron chi connectivity index (χ0n) is 11.2. The quantitative estimate of drug-likeness (QED) is 0.815. The molecule has 8 nitrogen and oxygen atoms in total. The highest BCUT2D eigenvalue weighted by molar-refractivity contribution is 5.88. The number of aromatic amines is 1.